The summed E-state index contributed by atoms with van der Waals surface area (Å²) < 4.78 is 25.8. The van der Waals surface area contributed by atoms with Crippen molar-refractivity contribution in [3.63, 3.8) is 0 Å². The number of carbonyl (C=O) groups excluding carboxylic acids is 1. The molecule has 2 aromatic carbocycles. The Kier molecular flexibility index (Phi) is 4.33. The molecule has 1 aromatic heterocycles. The number of hydrogen-bond acceptors (Lipinski definition) is 5. The molecule has 0 bridgehead atoms. The molecule has 0 aliphatic carbocycles. The predicted molar refractivity (Wildman–Crippen MR) is 105 cm³/mol. The fourth-order valence-electron chi connectivity index (χ4n) is 3.56. The highest BCUT2D eigenvalue weighted by Crippen LogP contribution is 2.42. The molecule has 0 unspecified atom stereocenters. The van der Waals surface area contributed by atoms with Crippen LogP contribution in [0.25, 0.3) is 6.08 Å². The Balaban J connectivity index is 1.45. The summed E-state index contributed by atoms with van der Waals surface area (Å²) in [6.45, 7) is 1.61. The van der Waals surface area contributed by atoms with Crippen LogP contribution in [-0.2, 0) is 13.1 Å². The molecule has 0 fully saturated rings. The molecule has 6 heteroatoms. The lowest BCUT2D eigenvalue weighted by Gasteiger charge is -2.29. The van der Waals surface area contributed by atoms with Crippen LogP contribution in [0.5, 0.6) is 11.5 Å². The number of allylic oxidation sites excluding steroid dienone is 1. The highest BCUT2D eigenvalue weighted by atomic mass is 19.1. The fraction of sp³-hybridized carbons (Fsp3) is 0.130. The number of pyridine rings is 1. The quantitative estimate of drug-likeness (QED) is 0.630. The van der Waals surface area contributed by atoms with Crippen LogP contribution in [0, 0.1) is 5.82 Å². The molecule has 0 amide bonds. The number of hydrogen-bond donors (Lipinski definition) is 0. The lowest BCUT2D eigenvalue weighted by Crippen LogP contribution is -2.32. The molecule has 3 heterocycles. The Hall–Kier alpha value is -3.51. The highest BCUT2D eigenvalue weighted by Gasteiger charge is 2.33. The zero-order valence-electron chi connectivity index (χ0n) is 15.5. The number of ether oxygens (including phenoxy) is 2. The van der Waals surface area contributed by atoms with E-state index in [1.54, 1.807) is 36.5 Å². The summed E-state index contributed by atoms with van der Waals surface area (Å²) >= 11 is 0. The van der Waals surface area contributed by atoms with Gasteiger partial charge in [0, 0.05) is 24.8 Å². The number of Topliss-reactive ketones (excluding diaryl/α,β-unsaturated/α-hetero) is 1. The third-order valence-electron chi connectivity index (χ3n) is 4.99. The smallest absolute Gasteiger partial charge is 0.231 e. The van der Waals surface area contributed by atoms with Crippen molar-refractivity contribution in [3.05, 3.63) is 94.8 Å². The summed E-state index contributed by atoms with van der Waals surface area (Å²) in [4.78, 5) is 19.2. The van der Waals surface area contributed by atoms with Gasteiger partial charge in [-0.1, -0.05) is 24.3 Å². The zero-order valence-corrected chi connectivity index (χ0v) is 15.5. The van der Waals surface area contributed by atoms with E-state index in [0.717, 1.165) is 11.3 Å². The maximum absolute atomic E-state index is 14.0. The van der Waals surface area contributed by atoms with Crippen molar-refractivity contribution in [1.82, 2.24) is 9.88 Å². The largest absolute Gasteiger partial charge is 0.478 e. The SMILES string of the molecule is O=C1C(=Cc2ccccc2F)Oc2c1ccc1c2CN(Cc2ccccn2)CO1. The minimum atomic E-state index is -0.403. The van der Waals surface area contributed by atoms with Gasteiger partial charge in [0.1, 0.15) is 24.0 Å². The molecule has 29 heavy (non-hydrogen) atoms. The first-order valence-electron chi connectivity index (χ1n) is 9.29. The van der Waals surface area contributed by atoms with Crippen molar-refractivity contribution in [3.8, 4) is 11.5 Å². The molecule has 5 rings (SSSR count). The number of rotatable bonds is 3. The van der Waals surface area contributed by atoms with E-state index in [1.165, 1.54) is 12.1 Å². The highest BCUT2D eigenvalue weighted by molar-refractivity contribution is 6.15. The van der Waals surface area contributed by atoms with E-state index in [2.05, 4.69) is 9.88 Å². The number of fused-ring (bicyclic) bond motifs is 3. The first-order valence-corrected chi connectivity index (χ1v) is 9.29. The van der Waals surface area contributed by atoms with Crippen LogP contribution < -0.4 is 9.47 Å². The monoisotopic (exact) mass is 388 g/mol. The average molecular weight is 388 g/mol. The maximum Gasteiger partial charge on any atom is 0.231 e. The third kappa shape index (κ3) is 3.28. The molecule has 144 valence electrons. The van der Waals surface area contributed by atoms with Crippen molar-refractivity contribution in [2.24, 2.45) is 0 Å². The van der Waals surface area contributed by atoms with Gasteiger partial charge in [-0.2, -0.15) is 0 Å². The van der Waals surface area contributed by atoms with Crippen molar-refractivity contribution in [1.29, 1.82) is 0 Å². The first kappa shape index (κ1) is 17.6. The van der Waals surface area contributed by atoms with E-state index < -0.39 is 5.82 Å². The summed E-state index contributed by atoms with van der Waals surface area (Å²) in [7, 11) is 0. The van der Waals surface area contributed by atoms with Gasteiger partial charge in [-0.3, -0.25) is 14.7 Å². The molecular formula is C23H17FN2O3. The second kappa shape index (κ2) is 7.14. The molecule has 0 saturated carbocycles. The van der Waals surface area contributed by atoms with E-state index in [-0.39, 0.29) is 11.5 Å². The topological polar surface area (TPSA) is 51.7 Å². The number of benzene rings is 2. The van der Waals surface area contributed by atoms with Crippen LogP contribution in [0.15, 0.2) is 66.6 Å². The summed E-state index contributed by atoms with van der Waals surface area (Å²) in [5.41, 5.74) is 2.53. The van der Waals surface area contributed by atoms with Crippen LogP contribution in [0.2, 0.25) is 0 Å². The Bertz CT molecular complexity index is 1130. The Morgan fingerprint density at radius 1 is 1.10 bits per heavy atom. The van der Waals surface area contributed by atoms with E-state index >= 15 is 0 Å². The summed E-state index contributed by atoms with van der Waals surface area (Å²) in [5.74, 6) is 0.634. The van der Waals surface area contributed by atoms with Crippen LogP contribution >= 0.6 is 0 Å². The first-order chi connectivity index (χ1) is 14.2. The summed E-state index contributed by atoms with van der Waals surface area (Å²) in [6.07, 6.45) is 3.20. The lowest BCUT2D eigenvalue weighted by atomic mass is 10.0. The number of nitrogens with zero attached hydrogens (tertiary/aromatic N) is 2. The molecule has 0 atom stereocenters. The maximum atomic E-state index is 14.0. The molecule has 3 aromatic rings. The van der Waals surface area contributed by atoms with Crippen molar-refractivity contribution < 1.29 is 18.7 Å². The van der Waals surface area contributed by atoms with Crippen LogP contribution in [0.3, 0.4) is 0 Å². The summed E-state index contributed by atoms with van der Waals surface area (Å²) in [6, 6.07) is 15.5. The number of halogens is 1. The Morgan fingerprint density at radius 2 is 1.97 bits per heavy atom. The van der Waals surface area contributed by atoms with Crippen LogP contribution in [0.1, 0.15) is 27.2 Å². The Labute approximate surface area is 167 Å². The van der Waals surface area contributed by atoms with Gasteiger partial charge < -0.3 is 9.47 Å². The van der Waals surface area contributed by atoms with E-state index in [1.807, 2.05) is 18.2 Å². The third-order valence-corrected chi connectivity index (χ3v) is 4.99. The molecule has 0 saturated heterocycles. The summed E-state index contributed by atoms with van der Waals surface area (Å²) in [5, 5.41) is 0. The zero-order chi connectivity index (χ0) is 19.8. The molecule has 2 aliphatic rings. The number of ketones is 1. The van der Waals surface area contributed by atoms with Gasteiger partial charge in [-0.15, -0.1) is 0 Å². The van der Waals surface area contributed by atoms with E-state index in [4.69, 9.17) is 9.47 Å². The van der Waals surface area contributed by atoms with Gasteiger partial charge in [0.05, 0.1) is 16.8 Å². The number of aromatic nitrogens is 1. The second-order valence-electron chi connectivity index (χ2n) is 6.96. The normalized spacial score (nSPS) is 16.9. The van der Waals surface area contributed by atoms with Crippen molar-refractivity contribution >= 4 is 11.9 Å². The predicted octanol–water partition coefficient (Wildman–Crippen LogP) is 4.19. The van der Waals surface area contributed by atoms with Gasteiger partial charge in [-0.25, -0.2) is 4.39 Å². The molecular weight excluding hydrogens is 371 g/mol. The fourth-order valence-corrected chi connectivity index (χ4v) is 3.56. The van der Waals surface area contributed by atoms with Gasteiger partial charge >= 0.3 is 0 Å². The van der Waals surface area contributed by atoms with Crippen molar-refractivity contribution in [2.75, 3.05) is 6.73 Å². The minimum Gasteiger partial charge on any atom is -0.478 e. The van der Waals surface area contributed by atoms with Gasteiger partial charge in [0.25, 0.3) is 0 Å². The molecule has 0 radical (unpaired) electrons. The van der Waals surface area contributed by atoms with Crippen molar-refractivity contribution in [2.45, 2.75) is 13.1 Å². The molecule has 0 N–H and O–H groups in total. The molecule has 5 nitrogen and oxygen atoms in total. The van der Waals surface area contributed by atoms with Gasteiger partial charge in [0.2, 0.25) is 5.78 Å². The molecule has 2 aliphatic heterocycles. The number of carbonyl (C=O) groups is 1. The van der Waals surface area contributed by atoms with E-state index in [9.17, 15) is 9.18 Å². The molecule has 0 spiro atoms. The van der Waals surface area contributed by atoms with E-state index in [0.29, 0.717) is 42.4 Å². The van der Waals surface area contributed by atoms with Crippen LogP contribution in [-0.4, -0.2) is 22.4 Å². The average Bonchev–Trinajstić information content (AvgIpc) is 3.06. The van der Waals surface area contributed by atoms with Gasteiger partial charge in [0.15, 0.2) is 5.76 Å². The second-order valence-corrected chi connectivity index (χ2v) is 6.96. The Morgan fingerprint density at radius 3 is 2.79 bits per heavy atom. The minimum absolute atomic E-state index is 0.111. The van der Waals surface area contributed by atoms with Gasteiger partial charge in [-0.05, 0) is 36.4 Å². The van der Waals surface area contributed by atoms with Crippen LogP contribution in [0.4, 0.5) is 4.39 Å². The standard InChI is InChI=1S/C23H17FN2O3/c24-19-7-2-1-5-15(19)11-21-22(27)17-8-9-20-18(23(17)29-21)13-26(14-28-20)12-16-6-3-4-10-25-16/h1-11H,12-14H2. The lowest BCUT2D eigenvalue weighted by molar-refractivity contribution is 0.0861.